The third-order valence-corrected chi connectivity index (χ3v) is 2.31. The molecule has 0 spiro atoms. The second-order valence-corrected chi connectivity index (χ2v) is 3.54. The number of benzene rings is 1. The quantitative estimate of drug-likeness (QED) is 0.626. The Labute approximate surface area is 101 Å². The second kappa shape index (κ2) is 4.62. The van der Waals surface area contributed by atoms with Crippen LogP contribution in [0.2, 0.25) is 0 Å². The molecule has 18 heavy (non-hydrogen) atoms. The van der Waals surface area contributed by atoms with E-state index in [1.807, 2.05) is 0 Å². The summed E-state index contributed by atoms with van der Waals surface area (Å²) in [5.74, 6) is -0.183. The van der Waals surface area contributed by atoms with E-state index in [-0.39, 0.29) is 11.6 Å². The predicted octanol–water partition coefficient (Wildman–Crippen LogP) is 1.27. The van der Waals surface area contributed by atoms with Crippen molar-refractivity contribution >= 4 is 17.5 Å². The molecule has 2 aromatic rings. The molecule has 0 radical (unpaired) electrons. The number of aromatic nitrogens is 3. The molecule has 0 saturated carbocycles. The van der Waals surface area contributed by atoms with Crippen molar-refractivity contribution in [3.05, 3.63) is 45.8 Å². The van der Waals surface area contributed by atoms with E-state index in [2.05, 4.69) is 20.5 Å². The molecule has 2 rings (SSSR count). The average Bonchev–Trinajstić information content (AvgIpc) is 2.81. The number of nitro benzene ring substituents is 1. The van der Waals surface area contributed by atoms with Crippen LogP contribution in [0, 0.1) is 17.0 Å². The van der Waals surface area contributed by atoms with Gasteiger partial charge in [-0.25, -0.2) is 5.10 Å². The number of carbonyl (C=O) groups excluding carboxylic acids is 1. The summed E-state index contributed by atoms with van der Waals surface area (Å²) in [6.45, 7) is 1.63. The lowest BCUT2D eigenvalue weighted by Crippen LogP contribution is -2.14. The number of non-ortho nitro benzene ring substituents is 1. The van der Waals surface area contributed by atoms with E-state index in [1.54, 1.807) is 6.92 Å². The summed E-state index contributed by atoms with van der Waals surface area (Å²) in [6.07, 6.45) is 1.26. The molecular formula is C10H9N5O3. The molecule has 0 unspecified atom stereocenters. The van der Waals surface area contributed by atoms with Gasteiger partial charge in [0.25, 0.3) is 11.6 Å². The van der Waals surface area contributed by atoms with Gasteiger partial charge in [-0.1, -0.05) is 0 Å². The van der Waals surface area contributed by atoms with Gasteiger partial charge in [0.15, 0.2) is 0 Å². The first-order chi connectivity index (χ1) is 8.58. The van der Waals surface area contributed by atoms with Crippen molar-refractivity contribution in [2.45, 2.75) is 6.92 Å². The molecule has 0 fully saturated rings. The molecule has 2 N–H and O–H groups in total. The Balaban J connectivity index is 2.23. The summed E-state index contributed by atoms with van der Waals surface area (Å²) >= 11 is 0. The van der Waals surface area contributed by atoms with E-state index >= 15 is 0 Å². The summed E-state index contributed by atoms with van der Waals surface area (Å²) < 4.78 is 0. The van der Waals surface area contributed by atoms with Crippen LogP contribution in [-0.4, -0.2) is 26.0 Å². The van der Waals surface area contributed by atoms with Crippen LogP contribution in [0.5, 0.6) is 0 Å². The maximum absolute atomic E-state index is 11.8. The van der Waals surface area contributed by atoms with E-state index in [0.717, 1.165) is 0 Å². The highest BCUT2D eigenvalue weighted by Crippen LogP contribution is 2.17. The Morgan fingerprint density at radius 1 is 1.50 bits per heavy atom. The lowest BCUT2D eigenvalue weighted by Gasteiger charge is -2.04. The van der Waals surface area contributed by atoms with E-state index < -0.39 is 10.8 Å². The van der Waals surface area contributed by atoms with Gasteiger partial charge in [0.05, 0.1) is 4.92 Å². The highest BCUT2D eigenvalue weighted by atomic mass is 16.6. The fourth-order valence-corrected chi connectivity index (χ4v) is 1.46. The number of rotatable bonds is 3. The minimum absolute atomic E-state index is 0.0521. The Kier molecular flexibility index (Phi) is 3.00. The van der Waals surface area contributed by atoms with Gasteiger partial charge in [-0.05, 0) is 18.6 Å². The third kappa shape index (κ3) is 2.32. The van der Waals surface area contributed by atoms with Crippen LogP contribution in [0.4, 0.5) is 11.6 Å². The van der Waals surface area contributed by atoms with Gasteiger partial charge in [0, 0.05) is 17.7 Å². The Bertz CT molecular complexity index is 594. The Morgan fingerprint density at radius 2 is 2.28 bits per heavy atom. The zero-order valence-electron chi connectivity index (χ0n) is 9.38. The first kappa shape index (κ1) is 11.7. The molecule has 8 heteroatoms. The van der Waals surface area contributed by atoms with Gasteiger partial charge >= 0.3 is 0 Å². The maximum atomic E-state index is 11.8. The van der Waals surface area contributed by atoms with E-state index in [4.69, 9.17) is 0 Å². The van der Waals surface area contributed by atoms with Crippen molar-refractivity contribution in [2.75, 3.05) is 5.32 Å². The van der Waals surface area contributed by atoms with Gasteiger partial charge in [-0.2, -0.15) is 10.1 Å². The number of nitrogens with zero attached hydrogens (tertiary/aromatic N) is 3. The Hall–Kier alpha value is -2.77. The number of amides is 1. The fraction of sp³-hybridized carbons (Fsp3) is 0.100. The topological polar surface area (TPSA) is 114 Å². The normalized spacial score (nSPS) is 10.1. The van der Waals surface area contributed by atoms with Crippen molar-refractivity contribution < 1.29 is 9.72 Å². The molecular weight excluding hydrogens is 238 g/mol. The van der Waals surface area contributed by atoms with Crippen LogP contribution in [0.3, 0.4) is 0 Å². The van der Waals surface area contributed by atoms with Gasteiger partial charge in [0.2, 0.25) is 5.95 Å². The van der Waals surface area contributed by atoms with Crippen molar-refractivity contribution in [3.63, 3.8) is 0 Å². The molecule has 1 aromatic carbocycles. The van der Waals surface area contributed by atoms with Crippen LogP contribution in [0.25, 0.3) is 0 Å². The van der Waals surface area contributed by atoms with Gasteiger partial charge in [-0.3, -0.25) is 20.2 Å². The molecule has 92 valence electrons. The third-order valence-electron chi connectivity index (χ3n) is 2.31. The Morgan fingerprint density at radius 3 is 2.83 bits per heavy atom. The van der Waals surface area contributed by atoms with Crippen molar-refractivity contribution in [3.8, 4) is 0 Å². The summed E-state index contributed by atoms with van der Waals surface area (Å²) in [6, 6.07) is 4.02. The second-order valence-electron chi connectivity index (χ2n) is 3.54. The first-order valence-corrected chi connectivity index (χ1v) is 4.99. The number of hydrogen-bond acceptors (Lipinski definition) is 5. The number of hydrogen-bond donors (Lipinski definition) is 2. The zero-order chi connectivity index (χ0) is 13.1. The van der Waals surface area contributed by atoms with Crippen LogP contribution >= 0.6 is 0 Å². The number of nitrogens with one attached hydrogen (secondary N) is 2. The summed E-state index contributed by atoms with van der Waals surface area (Å²) in [5.41, 5.74) is 0.807. The minimum atomic E-state index is -0.509. The van der Waals surface area contributed by atoms with Crippen molar-refractivity contribution in [1.29, 1.82) is 0 Å². The predicted molar refractivity (Wildman–Crippen MR) is 62.2 cm³/mol. The van der Waals surface area contributed by atoms with Gasteiger partial charge in [0.1, 0.15) is 6.33 Å². The number of aromatic amines is 1. The van der Waals surface area contributed by atoms with Gasteiger partial charge in [-0.15, -0.1) is 0 Å². The van der Waals surface area contributed by atoms with E-state index in [0.29, 0.717) is 11.1 Å². The highest BCUT2D eigenvalue weighted by molar-refractivity contribution is 6.04. The highest BCUT2D eigenvalue weighted by Gasteiger charge is 2.14. The summed E-state index contributed by atoms with van der Waals surface area (Å²) in [7, 11) is 0. The SMILES string of the molecule is Cc1cc([N+](=O)[O-])ccc1C(=O)Nc1ncn[nH]1. The fourth-order valence-electron chi connectivity index (χ4n) is 1.46. The lowest BCUT2D eigenvalue weighted by molar-refractivity contribution is -0.384. The van der Waals surface area contributed by atoms with Crippen LogP contribution in [0.15, 0.2) is 24.5 Å². The largest absolute Gasteiger partial charge is 0.291 e. The molecule has 0 aliphatic rings. The molecule has 8 nitrogen and oxygen atoms in total. The number of aryl methyl sites for hydroxylation is 1. The van der Waals surface area contributed by atoms with Crippen LogP contribution in [-0.2, 0) is 0 Å². The number of nitro groups is 1. The maximum Gasteiger partial charge on any atom is 0.269 e. The first-order valence-electron chi connectivity index (χ1n) is 4.99. The average molecular weight is 247 g/mol. The number of anilines is 1. The van der Waals surface area contributed by atoms with Crippen LogP contribution in [0.1, 0.15) is 15.9 Å². The smallest absolute Gasteiger partial charge is 0.269 e. The van der Waals surface area contributed by atoms with E-state index in [1.165, 1.54) is 24.5 Å². The number of H-pyrrole nitrogens is 1. The molecule has 0 saturated heterocycles. The molecule has 1 amide bonds. The lowest BCUT2D eigenvalue weighted by atomic mass is 10.1. The van der Waals surface area contributed by atoms with Crippen molar-refractivity contribution in [2.24, 2.45) is 0 Å². The molecule has 1 heterocycles. The molecule has 0 aliphatic carbocycles. The number of carbonyl (C=O) groups is 1. The summed E-state index contributed by atoms with van der Waals surface area (Å²) in [4.78, 5) is 25.7. The molecule has 0 atom stereocenters. The molecule has 0 aliphatic heterocycles. The monoisotopic (exact) mass is 247 g/mol. The minimum Gasteiger partial charge on any atom is -0.291 e. The zero-order valence-corrected chi connectivity index (χ0v) is 9.38. The standard InChI is InChI=1S/C10H9N5O3/c1-6-4-7(15(17)18)2-3-8(6)9(16)13-10-11-5-12-14-10/h2-5H,1H3,(H2,11,12,13,14,16). The summed E-state index contributed by atoms with van der Waals surface area (Å²) in [5, 5.41) is 19.1. The van der Waals surface area contributed by atoms with E-state index in [9.17, 15) is 14.9 Å². The molecule has 0 bridgehead atoms. The molecule has 1 aromatic heterocycles. The van der Waals surface area contributed by atoms with Gasteiger partial charge < -0.3 is 0 Å². The van der Waals surface area contributed by atoms with Crippen LogP contribution < -0.4 is 5.32 Å². The van der Waals surface area contributed by atoms with Crippen molar-refractivity contribution in [1.82, 2.24) is 15.2 Å².